The molecule has 0 spiro atoms. The minimum atomic E-state index is -0.560. The van der Waals surface area contributed by atoms with Crippen molar-refractivity contribution in [3.05, 3.63) is 111 Å². The molecule has 0 saturated heterocycles. The van der Waals surface area contributed by atoms with Gasteiger partial charge in [-0.05, 0) is 39.9 Å². The van der Waals surface area contributed by atoms with Gasteiger partial charge in [-0.25, -0.2) is 9.78 Å². The van der Waals surface area contributed by atoms with Crippen LogP contribution in [-0.2, 0) is 0 Å². The molecule has 5 aromatic rings. The summed E-state index contributed by atoms with van der Waals surface area (Å²) in [4.78, 5) is 49.5. The van der Waals surface area contributed by atoms with Crippen molar-refractivity contribution < 1.29 is 4.79 Å². The first-order valence-corrected chi connectivity index (χ1v) is 10.4. The Labute approximate surface area is 186 Å². The van der Waals surface area contributed by atoms with Crippen LogP contribution in [0, 0.1) is 0 Å². The normalized spacial score (nSPS) is 14.1. The zero-order chi connectivity index (χ0) is 22.5. The van der Waals surface area contributed by atoms with Crippen molar-refractivity contribution in [2.75, 3.05) is 0 Å². The third kappa shape index (κ3) is 2.92. The zero-order valence-electron chi connectivity index (χ0n) is 17.2. The first-order valence-electron chi connectivity index (χ1n) is 10.4. The smallest absolute Gasteiger partial charge is 0.325 e. The van der Waals surface area contributed by atoms with E-state index in [9.17, 15) is 14.4 Å². The molecule has 0 aliphatic heterocycles. The number of amides is 1. The van der Waals surface area contributed by atoms with Crippen LogP contribution in [0.1, 0.15) is 27.5 Å². The largest absolute Gasteiger partial charge is 0.346 e. The maximum absolute atomic E-state index is 13.3. The highest BCUT2D eigenvalue weighted by atomic mass is 16.2. The molecule has 1 aliphatic carbocycles. The van der Waals surface area contributed by atoms with Crippen molar-refractivity contribution in [3.8, 4) is 22.3 Å². The molecule has 4 N–H and O–H groups in total. The molecule has 3 aromatic heterocycles. The van der Waals surface area contributed by atoms with Crippen LogP contribution in [0.3, 0.4) is 0 Å². The van der Waals surface area contributed by atoms with Crippen LogP contribution in [-0.4, -0.2) is 25.8 Å². The second-order valence-corrected chi connectivity index (χ2v) is 7.85. The standard InChI is InChI=1S/C25H17N5O3/c31-23(17-9-11-27-22-16(17)8-10-26-22)29-21-15-5-2-1-4-13(15)20-14(6-3-7-18(20)21)19-12-28-25(33)30-24(19)32/h1-12,21H,(H,26,27)(H,29,31)(H2,28,30,32,33). The Hall–Kier alpha value is -4.72. The lowest BCUT2D eigenvalue weighted by molar-refractivity contribution is 0.0945. The first-order chi connectivity index (χ1) is 16.1. The topological polar surface area (TPSA) is 124 Å². The van der Waals surface area contributed by atoms with Gasteiger partial charge in [-0.3, -0.25) is 14.6 Å². The first kappa shape index (κ1) is 19.0. The summed E-state index contributed by atoms with van der Waals surface area (Å²) in [6, 6.07) is 16.6. The van der Waals surface area contributed by atoms with Gasteiger partial charge in [0.05, 0.1) is 17.2 Å². The van der Waals surface area contributed by atoms with Crippen molar-refractivity contribution >= 4 is 16.9 Å². The van der Waals surface area contributed by atoms with E-state index in [-0.39, 0.29) is 5.91 Å². The number of aromatic amines is 3. The maximum Gasteiger partial charge on any atom is 0.325 e. The number of pyridine rings is 1. The molecule has 1 atom stereocenters. The predicted molar refractivity (Wildman–Crippen MR) is 124 cm³/mol. The van der Waals surface area contributed by atoms with E-state index in [2.05, 4.69) is 25.3 Å². The average Bonchev–Trinajstić information content (AvgIpc) is 3.42. The van der Waals surface area contributed by atoms with Gasteiger partial charge < -0.3 is 15.3 Å². The molecule has 0 saturated carbocycles. The summed E-state index contributed by atoms with van der Waals surface area (Å²) in [7, 11) is 0. The SMILES string of the molecule is O=C(NC1c2ccccc2-c2c(-c3c[nH]c(=O)[nH]c3=O)cccc21)c1ccnc2[nH]ccc12. The Morgan fingerprint density at radius 1 is 0.879 bits per heavy atom. The molecule has 8 nitrogen and oxygen atoms in total. The molecule has 1 aliphatic rings. The minimum absolute atomic E-state index is 0.220. The molecule has 0 radical (unpaired) electrons. The highest BCUT2D eigenvalue weighted by molar-refractivity contribution is 6.06. The van der Waals surface area contributed by atoms with Crippen molar-refractivity contribution in [1.29, 1.82) is 0 Å². The summed E-state index contributed by atoms with van der Waals surface area (Å²) in [5.41, 5.74) is 4.80. The maximum atomic E-state index is 13.3. The lowest BCUT2D eigenvalue weighted by Gasteiger charge is -2.17. The minimum Gasteiger partial charge on any atom is -0.346 e. The van der Waals surface area contributed by atoms with E-state index in [1.807, 2.05) is 48.5 Å². The summed E-state index contributed by atoms with van der Waals surface area (Å²) >= 11 is 0. The third-order valence-electron chi connectivity index (χ3n) is 6.04. The van der Waals surface area contributed by atoms with Crippen molar-refractivity contribution in [3.63, 3.8) is 0 Å². The van der Waals surface area contributed by atoms with E-state index < -0.39 is 17.3 Å². The molecule has 8 heteroatoms. The van der Waals surface area contributed by atoms with Gasteiger partial charge in [0.1, 0.15) is 5.65 Å². The molecule has 3 heterocycles. The number of rotatable bonds is 3. The number of nitrogens with zero attached hydrogens (tertiary/aromatic N) is 1. The summed E-state index contributed by atoms with van der Waals surface area (Å²) in [5, 5.41) is 3.91. The van der Waals surface area contributed by atoms with Crippen LogP contribution in [0.5, 0.6) is 0 Å². The predicted octanol–water partition coefficient (Wildman–Crippen LogP) is 3.11. The Kier molecular flexibility index (Phi) is 4.13. The number of carbonyl (C=O) groups is 1. The molecular formula is C25H17N5O3. The molecular weight excluding hydrogens is 418 g/mol. The van der Waals surface area contributed by atoms with Crippen LogP contribution in [0.25, 0.3) is 33.3 Å². The van der Waals surface area contributed by atoms with Crippen LogP contribution in [0.15, 0.2) is 82.8 Å². The highest BCUT2D eigenvalue weighted by Crippen LogP contribution is 2.47. The van der Waals surface area contributed by atoms with Gasteiger partial charge in [-0.2, -0.15) is 0 Å². The quantitative estimate of drug-likeness (QED) is 0.348. The summed E-state index contributed by atoms with van der Waals surface area (Å²) in [6.45, 7) is 0. The Morgan fingerprint density at radius 3 is 2.58 bits per heavy atom. The number of carbonyl (C=O) groups excluding carboxylic acids is 1. The fourth-order valence-electron chi connectivity index (χ4n) is 4.61. The monoisotopic (exact) mass is 435 g/mol. The lowest BCUT2D eigenvalue weighted by atomic mass is 9.95. The van der Waals surface area contributed by atoms with Gasteiger partial charge in [0.2, 0.25) is 0 Å². The van der Waals surface area contributed by atoms with Gasteiger partial charge >= 0.3 is 5.69 Å². The number of fused-ring (bicyclic) bond motifs is 4. The average molecular weight is 435 g/mol. The Morgan fingerprint density at radius 2 is 1.70 bits per heavy atom. The highest BCUT2D eigenvalue weighted by Gasteiger charge is 2.32. The summed E-state index contributed by atoms with van der Waals surface area (Å²) < 4.78 is 0. The van der Waals surface area contributed by atoms with E-state index in [1.54, 1.807) is 18.5 Å². The fourth-order valence-corrected chi connectivity index (χ4v) is 4.61. The number of hydrogen-bond acceptors (Lipinski definition) is 4. The molecule has 6 rings (SSSR count). The van der Waals surface area contributed by atoms with Crippen molar-refractivity contribution in [1.82, 2.24) is 25.3 Å². The van der Waals surface area contributed by atoms with Crippen LogP contribution < -0.4 is 16.6 Å². The van der Waals surface area contributed by atoms with E-state index in [0.717, 1.165) is 27.6 Å². The number of aromatic nitrogens is 4. The van der Waals surface area contributed by atoms with Gasteiger partial charge in [-0.15, -0.1) is 0 Å². The van der Waals surface area contributed by atoms with E-state index in [4.69, 9.17) is 0 Å². The van der Waals surface area contributed by atoms with Crippen LogP contribution in [0.4, 0.5) is 0 Å². The Balaban J connectivity index is 1.50. The molecule has 0 fully saturated rings. The molecule has 160 valence electrons. The molecule has 0 bridgehead atoms. The molecule has 1 unspecified atom stereocenters. The lowest BCUT2D eigenvalue weighted by Crippen LogP contribution is -2.28. The summed E-state index contributed by atoms with van der Waals surface area (Å²) in [5.74, 6) is -0.220. The number of H-pyrrole nitrogens is 3. The van der Waals surface area contributed by atoms with Gasteiger partial charge in [0.25, 0.3) is 11.5 Å². The number of hydrogen-bond donors (Lipinski definition) is 4. The molecule has 1 amide bonds. The van der Waals surface area contributed by atoms with Gasteiger partial charge in [0, 0.05) is 24.0 Å². The fraction of sp³-hybridized carbons (Fsp3) is 0.0400. The van der Waals surface area contributed by atoms with Crippen LogP contribution in [0.2, 0.25) is 0 Å². The van der Waals surface area contributed by atoms with Gasteiger partial charge in [-0.1, -0.05) is 42.5 Å². The summed E-state index contributed by atoms with van der Waals surface area (Å²) in [6.07, 6.45) is 4.78. The number of nitrogens with one attached hydrogen (secondary N) is 4. The van der Waals surface area contributed by atoms with E-state index >= 15 is 0 Å². The molecule has 33 heavy (non-hydrogen) atoms. The van der Waals surface area contributed by atoms with Gasteiger partial charge in [0.15, 0.2) is 0 Å². The zero-order valence-corrected chi connectivity index (χ0v) is 17.2. The van der Waals surface area contributed by atoms with E-state index in [0.29, 0.717) is 22.3 Å². The second-order valence-electron chi connectivity index (χ2n) is 7.85. The van der Waals surface area contributed by atoms with Crippen molar-refractivity contribution in [2.24, 2.45) is 0 Å². The van der Waals surface area contributed by atoms with E-state index in [1.165, 1.54) is 6.20 Å². The number of benzene rings is 2. The molecule has 2 aromatic carbocycles. The second kappa shape index (κ2) is 7.16. The van der Waals surface area contributed by atoms with Crippen LogP contribution >= 0.6 is 0 Å². The van der Waals surface area contributed by atoms with Crippen molar-refractivity contribution in [2.45, 2.75) is 6.04 Å². The Bertz CT molecular complexity index is 1680. The third-order valence-corrected chi connectivity index (χ3v) is 6.04.